The van der Waals surface area contributed by atoms with E-state index < -0.39 is 23.9 Å². The molecule has 0 fully saturated rings. The Labute approximate surface area is 111 Å². The number of carboxylic acid groups (broad SMARTS) is 1. The summed E-state index contributed by atoms with van der Waals surface area (Å²) in [7, 11) is 0. The number of benzene rings is 1. The van der Waals surface area contributed by atoms with E-state index in [1.54, 1.807) is 17.4 Å². The van der Waals surface area contributed by atoms with Gasteiger partial charge in [0.2, 0.25) is 0 Å². The zero-order valence-corrected chi connectivity index (χ0v) is 10.5. The van der Waals surface area contributed by atoms with Crippen molar-refractivity contribution in [2.45, 2.75) is 13.5 Å². The largest absolute Gasteiger partial charge is 0.480 e. The Morgan fingerprint density at radius 1 is 1.35 bits per heavy atom. The van der Waals surface area contributed by atoms with Gasteiger partial charge in [-0.05, 0) is 31.2 Å². The SMILES string of the molecule is Cc1nn(CC(=O)O)c(=O)c2cc3cc(F)ccc3n12. The fourth-order valence-corrected chi connectivity index (χ4v) is 2.32. The third-order valence-electron chi connectivity index (χ3n) is 3.09. The number of rotatable bonds is 2. The first-order valence-corrected chi connectivity index (χ1v) is 5.87. The van der Waals surface area contributed by atoms with Crippen LogP contribution in [-0.4, -0.2) is 25.3 Å². The Kier molecular flexibility index (Phi) is 2.56. The lowest BCUT2D eigenvalue weighted by Gasteiger charge is -2.06. The Morgan fingerprint density at radius 3 is 2.80 bits per heavy atom. The highest BCUT2D eigenvalue weighted by atomic mass is 19.1. The van der Waals surface area contributed by atoms with E-state index in [0.717, 1.165) is 4.68 Å². The minimum Gasteiger partial charge on any atom is -0.480 e. The molecule has 102 valence electrons. The number of carbonyl (C=O) groups is 1. The molecule has 1 N–H and O–H groups in total. The van der Waals surface area contributed by atoms with Crippen molar-refractivity contribution in [2.24, 2.45) is 0 Å². The molecule has 0 aliphatic carbocycles. The van der Waals surface area contributed by atoms with E-state index >= 15 is 0 Å². The van der Waals surface area contributed by atoms with Gasteiger partial charge >= 0.3 is 5.97 Å². The first kappa shape index (κ1) is 12.3. The highest BCUT2D eigenvalue weighted by molar-refractivity contribution is 5.87. The molecule has 3 rings (SSSR count). The number of hydrogen-bond donors (Lipinski definition) is 1. The fraction of sp³-hybridized carbons (Fsp3) is 0.154. The molecule has 0 spiro atoms. The summed E-state index contributed by atoms with van der Waals surface area (Å²) in [6.07, 6.45) is 0. The van der Waals surface area contributed by atoms with Crippen LogP contribution >= 0.6 is 0 Å². The van der Waals surface area contributed by atoms with Crippen molar-refractivity contribution in [1.29, 1.82) is 0 Å². The van der Waals surface area contributed by atoms with Gasteiger partial charge in [-0.2, -0.15) is 5.10 Å². The number of aromatic nitrogens is 3. The van der Waals surface area contributed by atoms with Gasteiger partial charge in [0.05, 0.1) is 5.52 Å². The Morgan fingerprint density at radius 2 is 2.10 bits per heavy atom. The highest BCUT2D eigenvalue weighted by Crippen LogP contribution is 2.20. The number of carboxylic acids is 1. The molecule has 0 saturated heterocycles. The molecular formula is C13H10FN3O3. The molecule has 20 heavy (non-hydrogen) atoms. The number of aryl methyl sites for hydroxylation is 1. The van der Waals surface area contributed by atoms with Crippen LogP contribution < -0.4 is 5.56 Å². The second kappa shape index (κ2) is 4.16. The molecule has 0 saturated carbocycles. The predicted molar refractivity (Wildman–Crippen MR) is 69.3 cm³/mol. The van der Waals surface area contributed by atoms with E-state index in [1.807, 2.05) is 0 Å². The maximum atomic E-state index is 13.2. The van der Waals surface area contributed by atoms with E-state index in [4.69, 9.17) is 5.11 Å². The van der Waals surface area contributed by atoms with Crippen LogP contribution in [0.1, 0.15) is 5.82 Å². The topological polar surface area (TPSA) is 76.6 Å². The van der Waals surface area contributed by atoms with E-state index in [0.29, 0.717) is 16.7 Å². The molecule has 0 bridgehead atoms. The molecule has 0 atom stereocenters. The van der Waals surface area contributed by atoms with Crippen molar-refractivity contribution < 1.29 is 14.3 Å². The first-order valence-electron chi connectivity index (χ1n) is 5.87. The highest BCUT2D eigenvalue weighted by Gasteiger charge is 2.13. The van der Waals surface area contributed by atoms with E-state index in [1.165, 1.54) is 18.2 Å². The molecule has 0 unspecified atom stereocenters. The van der Waals surface area contributed by atoms with Gasteiger partial charge in [-0.1, -0.05) is 0 Å². The van der Waals surface area contributed by atoms with Crippen molar-refractivity contribution in [1.82, 2.24) is 14.2 Å². The van der Waals surface area contributed by atoms with Crippen LogP contribution in [0, 0.1) is 12.7 Å². The zero-order chi connectivity index (χ0) is 14.4. The molecule has 2 aromatic heterocycles. The van der Waals surface area contributed by atoms with Gasteiger partial charge in [0.15, 0.2) is 0 Å². The molecular weight excluding hydrogens is 265 g/mol. The lowest BCUT2D eigenvalue weighted by atomic mass is 10.2. The van der Waals surface area contributed by atoms with Crippen molar-refractivity contribution in [3.63, 3.8) is 0 Å². The molecule has 0 aliphatic heterocycles. The summed E-state index contributed by atoms with van der Waals surface area (Å²) in [6.45, 7) is 1.15. The summed E-state index contributed by atoms with van der Waals surface area (Å²) in [5.74, 6) is -1.09. The van der Waals surface area contributed by atoms with Gasteiger partial charge in [0.1, 0.15) is 23.7 Å². The normalized spacial score (nSPS) is 11.3. The zero-order valence-electron chi connectivity index (χ0n) is 10.5. The van der Waals surface area contributed by atoms with E-state index in [9.17, 15) is 14.0 Å². The summed E-state index contributed by atoms with van der Waals surface area (Å²) in [5.41, 5.74) is 0.417. The summed E-state index contributed by atoms with van der Waals surface area (Å²) < 4.78 is 15.7. The maximum absolute atomic E-state index is 13.2. The minimum absolute atomic E-state index is 0.277. The Hall–Kier alpha value is -2.70. The second-order valence-electron chi connectivity index (χ2n) is 4.47. The molecule has 0 radical (unpaired) electrons. The third kappa shape index (κ3) is 1.75. The summed E-state index contributed by atoms with van der Waals surface area (Å²) in [5, 5.41) is 13.3. The van der Waals surface area contributed by atoms with Crippen LogP contribution in [0.5, 0.6) is 0 Å². The fourth-order valence-electron chi connectivity index (χ4n) is 2.32. The first-order chi connectivity index (χ1) is 9.47. The number of aliphatic carboxylic acids is 1. The van der Waals surface area contributed by atoms with Gasteiger partial charge < -0.3 is 5.11 Å². The van der Waals surface area contributed by atoms with Crippen LogP contribution in [0.3, 0.4) is 0 Å². The smallest absolute Gasteiger partial charge is 0.325 e. The van der Waals surface area contributed by atoms with Crippen LogP contribution in [0.25, 0.3) is 16.4 Å². The number of hydrogen-bond acceptors (Lipinski definition) is 3. The van der Waals surface area contributed by atoms with Gasteiger partial charge in [-0.15, -0.1) is 0 Å². The van der Waals surface area contributed by atoms with Crippen molar-refractivity contribution in [3.05, 3.63) is 46.3 Å². The minimum atomic E-state index is -1.15. The molecule has 1 aromatic carbocycles. The Balaban J connectivity index is 2.42. The Bertz CT molecular complexity index is 910. The summed E-state index contributed by atoms with van der Waals surface area (Å²) >= 11 is 0. The average molecular weight is 275 g/mol. The van der Waals surface area contributed by atoms with Crippen molar-refractivity contribution in [2.75, 3.05) is 0 Å². The molecule has 0 aliphatic rings. The standard InChI is InChI=1S/C13H10FN3O3/c1-7-15-16(6-12(18)19)13(20)11-5-8-4-9(14)2-3-10(8)17(7)11/h2-5H,6H2,1H3,(H,18,19). The maximum Gasteiger partial charge on any atom is 0.325 e. The van der Waals surface area contributed by atoms with Gasteiger partial charge in [-0.25, -0.2) is 9.07 Å². The van der Waals surface area contributed by atoms with Crippen molar-refractivity contribution >= 4 is 22.4 Å². The average Bonchev–Trinajstić information content (AvgIpc) is 2.73. The summed E-state index contributed by atoms with van der Waals surface area (Å²) in [6, 6.07) is 5.72. The van der Waals surface area contributed by atoms with Crippen LogP contribution in [0.2, 0.25) is 0 Å². The van der Waals surface area contributed by atoms with Gasteiger partial charge in [-0.3, -0.25) is 14.0 Å². The molecule has 3 aromatic rings. The monoisotopic (exact) mass is 275 g/mol. The quantitative estimate of drug-likeness (QED) is 0.762. The van der Waals surface area contributed by atoms with Crippen molar-refractivity contribution in [3.8, 4) is 0 Å². The number of nitrogens with zero attached hydrogens (tertiary/aromatic N) is 3. The van der Waals surface area contributed by atoms with E-state index in [2.05, 4.69) is 5.10 Å². The lowest BCUT2D eigenvalue weighted by molar-refractivity contribution is -0.138. The lowest BCUT2D eigenvalue weighted by Crippen LogP contribution is -2.29. The predicted octanol–water partition coefficient (Wildman–Crippen LogP) is 1.18. The van der Waals surface area contributed by atoms with Crippen LogP contribution in [0.4, 0.5) is 4.39 Å². The van der Waals surface area contributed by atoms with Crippen LogP contribution in [-0.2, 0) is 11.3 Å². The number of fused-ring (bicyclic) bond motifs is 3. The molecule has 7 heteroatoms. The van der Waals surface area contributed by atoms with Crippen LogP contribution in [0.15, 0.2) is 29.1 Å². The second-order valence-corrected chi connectivity index (χ2v) is 4.47. The van der Waals surface area contributed by atoms with Gasteiger partial charge in [0.25, 0.3) is 5.56 Å². The number of halogens is 1. The third-order valence-corrected chi connectivity index (χ3v) is 3.09. The molecule has 0 amide bonds. The summed E-state index contributed by atoms with van der Waals surface area (Å²) in [4.78, 5) is 22.9. The molecule has 6 nitrogen and oxygen atoms in total. The van der Waals surface area contributed by atoms with E-state index in [-0.39, 0.29) is 5.52 Å². The van der Waals surface area contributed by atoms with Gasteiger partial charge in [0, 0.05) is 5.39 Å². The molecule has 2 heterocycles.